The number of sulfonamides is 1. The maximum absolute atomic E-state index is 13.6. The number of carbonyl (C=O) groups is 2. The highest BCUT2D eigenvalue weighted by Crippen LogP contribution is 2.31. The lowest BCUT2D eigenvalue weighted by Crippen LogP contribution is -2.40. The van der Waals surface area contributed by atoms with E-state index in [1.165, 1.54) is 28.6 Å². The number of pyridine rings is 1. The fourth-order valence-corrected chi connectivity index (χ4v) is 6.46. The van der Waals surface area contributed by atoms with Gasteiger partial charge in [-0.05, 0) is 54.7 Å². The number of hydrogen-bond acceptors (Lipinski definition) is 6. The van der Waals surface area contributed by atoms with Crippen LogP contribution in [0.3, 0.4) is 0 Å². The molecule has 2 aromatic heterocycles. The van der Waals surface area contributed by atoms with Gasteiger partial charge in [-0.2, -0.15) is 4.31 Å². The van der Waals surface area contributed by atoms with Gasteiger partial charge in [-0.25, -0.2) is 12.8 Å². The van der Waals surface area contributed by atoms with Crippen molar-refractivity contribution in [2.24, 2.45) is 0 Å². The predicted molar refractivity (Wildman–Crippen MR) is 141 cm³/mol. The minimum atomic E-state index is -4.05. The molecule has 0 spiro atoms. The third kappa shape index (κ3) is 5.16. The summed E-state index contributed by atoms with van der Waals surface area (Å²) in [6, 6.07) is 15.7. The number of nitrogens with zero attached hydrogens (tertiary/aromatic N) is 2. The minimum absolute atomic E-state index is 0.0130. The van der Waals surface area contributed by atoms with Gasteiger partial charge in [-0.15, -0.1) is 0 Å². The molecule has 38 heavy (non-hydrogen) atoms. The van der Waals surface area contributed by atoms with Crippen molar-refractivity contribution in [3.8, 4) is 11.1 Å². The summed E-state index contributed by atoms with van der Waals surface area (Å²) in [5, 5.41) is 0.0677. The molecule has 1 atom stereocenters. The van der Waals surface area contributed by atoms with Gasteiger partial charge in [0.15, 0.2) is 11.6 Å². The van der Waals surface area contributed by atoms with Crippen molar-refractivity contribution in [3.05, 3.63) is 83.9 Å². The number of rotatable bonds is 9. The molecule has 0 aliphatic carbocycles. The van der Waals surface area contributed by atoms with Crippen LogP contribution in [0.4, 0.5) is 4.39 Å². The smallest absolute Gasteiger partial charge is 0.277 e. The van der Waals surface area contributed by atoms with Crippen molar-refractivity contribution in [2.45, 2.75) is 50.2 Å². The minimum Gasteiger partial charge on any atom is -0.443 e. The Bertz CT molecular complexity index is 1610. The molecule has 1 aliphatic rings. The Morgan fingerprint density at radius 3 is 2.68 bits per heavy atom. The lowest BCUT2D eigenvalue weighted by molar-refractivity contribution is -0.122. The molecule has 0 N–H and O–H groups in total. The molecule has 0 saturated carbocycles. The molecule has 7 nitrogen and oxygen atoms in total. The average Bonchev–Trinajstić information content (AvgIpc) is 3.60. The summed E-state index contributed by atoms with van der Waals surface area (Å²) in [7, 11) is -4.05. The fraction of sp³-hybridized carbons (Fsp3) is 0.276. The Morgan fingerprint density at radius 2 is 1.92 bits per heavy atom. The predicted octanol–water partition coefficient (Wildman–Crippen LogP) is 5.58. The fourth-order valence-electron chi connectivity index (χ4n) is 4.83. The van der Waals surface area contributed by atoms with E-state index < -0.39 is 21.9 Å². The highest BCUT2D eigenvalue weighted by Gasteiger charge is 2.40. The Kier molecular flexibility index (Phi) is 7.23. The summed E-state index contributed by atoms with van der Waals surface area (Å²) < 4.78 is 46.9. The molecule has 5 rings (SSSR count). The van der Waals surface area contributed by atoms with Crippen LogP contribution in [0.15, 0.2) is 76.4 Å². The lowest BCUT2D eigenvalue weighted by atomic mass is 9.99. The van der Waals surface area contributed by atoms with Crippen LogP contribution in [0.1, 0.15) is 48.7 Å². The monoisotopic (exact) mass is 534 g/mol. The number of Topliss-reactive ketones (excluding diaryl/α,β-unsaturated/α-hetero) is 2. The van der Waals surface area contributed by atoms with E-state index in [1.54, 1.807) is 19.2 Å². The quantitative estimate of drug-likeness (QED) is 0.260. The Hall–Kier alpha value is -3.69. The van der Waals surface area contributed by atoms with Gasteiger partial charge in [0, 0.05) is 42.6 Å². The van der Waals surface area contributed by atoms with Crippen LogP contribution in [-0.2, 0) is 21.2 Å². The molecule has 1 fully saturated rings. The Labute approximate surface area is 220 Å². The van der Waals surface area contributed by atoms with Gasteiger partial charge in [0.1, 0.15) is 17.1 Å². The van der Waals surface area contributed by atoms with E-state index in [-0.39, 0.29) is 35.2 Å². The van der Waals surface area contributed by atoms with Crippen molar-refractivity contribution in [1.82, 2.24) is 9.29 Å². The molecule has 0 unspecified atom stereocenters. The van der Waals surface area contributed by atoms with Crippen LogP contribution in [0, 0.1) is 5.82 Å². The van der Waals surface area contributed by atoms with Gasteiger partial charge in [0.05, 0.1) is 6.04 Å². The first-order chi connectivity index (χ1) is 18.3. The SMILES string of the molecule is CCC(=O)c1ccc(-c2cccc(CCC(=O)[C@@H]3CCCN3S(=O)(=O)c3cc4cc(F)ccc4o3)c2)cn1. The number of hydrogen-bond donors (Lipinski definition) is 0. The second kappa shape index (κ2) is 10.6. The van der Waals surface area contributed by atoms with Gasteiger partial charge >= 0.3 is 0 Å². The summed E-state index contributed by atoms with van der Waals surface area (Å²) >= 11 is 0. The zero-order valence-corrected chi connectivity index (χ0v) is 21.7. The molecule has 0 amide bonds. The molecule has 0 bridgehead atoms. The van der Waals surface area contributed by atoms with Crippen molar-refractivity contribution >= 4 is 32.6 Å². The van der Waals surface area contributed by atoms with E-state index >= 15 is 0 Å². The van der Waals surface area contributed by atoms with Crippen molar-refractivity contribution in [3.63, 3.8) is 0 Å². The van der Waals surface area contributed by atoms with Crippen LogP contribution in [0.2, 0.25) is 0 Å². The van der Waals surface area contributed by atoms with Gasteiger partial charge in [-0.1, -0.05) is 37.3 Å². The second-order valence-corrected chi connectivity index (χ2v) is 11.2. The molecular weight excluding hydrogens is 507 g/mol. The number of ketones is 2. The number of benzene rings is 2. The Balaban J connectivity index is 1.28. The number of aromatic nitrogens is 1. The largest absolute Gasteiger partial charge is 0.443 e. The summed E-state index contributed by atoms with van der Waals surface area (Å²) in [5.41, 5.74) is 3.43. The molecule has 1 saturated heterocycles. The van der Waals surface area contributed by atoms with Gasteiger partial charge in [0.25, 0.3) is 10.0 Å². The summed E-state index contributed by atoms with van der Waals surface area (Å²) in [4.78, 5) is 29.3. The van der Waals surface area contributed by atoms with Crippen molar-refractivity contribution in [2.75, 3.05) is 6.54 Å². The second-order valence-electron chi connectivity index (χ2n) is 9.40. The van der Waals surface area contributed by atoms with Crippen LogP contribution in [0.5, 0.6) is 0 Å². The van der Waals surface area contributed by atoms with Crippen LogP contribution >= 0.6 is 0 Å². The third-order valence-corrected chi connectivity index (χ3v) is 8.65. The van der Waals surface area contributed by atoms with Gasteiger partial charge in [-0.3, -0.25) is 14.6 Å². The van der Waals surface area contributed by atoms with Crippen molar-refractivity contribution < 1.29 is 26.8 Å². The van der Waals surface area contributed by atoms with Crippen LogP contribution in [-0.4, -0.2) is 41.9 Å². The number of fused-ring (bicyclic) bond motifs is 1. The Morgan fingerprint density at radius 1 is 1.08 bits per heavy atom. The van der Waals surface area contributed by atoms with Crippen LogP contribution in [0.25, 0.3) is 22.1 Å². The maximum Gasteiger partial charge on any atom is 0.277 e. The molecule has 0 radical (unpaired) electrons. The van der Waals surface area contributed by atoms with Gasteiger partial charge < -0.3 is 4.42 Å². The average molecular weight is 535 g/mol. The summed E-state index contributed by atoms with van der Waals surface area (Å²) in [6.07, 6.45) is 3.73. The molecule has 4 aromatic rings. The number of furan rings is 1. The first-order valence-electron chi connectivity index (χ1n) is 12.6. The molecule has 196 valence electrons. The molecule has 9 heteroatoms. The number of aryl methyl sites for hydroxylation is 1. The van der Waals surface area contributed by atoms with Crippen molar-refractivity contribution in [1.29, 1.82) is 0 Å². The zero-order valence-electron chi connectivity index (χ0n) is 20.9. The number of halogens is 1. The van der Waals surface area contributed by atoms with Gasteiger partial charge in [0.2, 0.25) is 5.09 Å². The zero-order chi connectivity index (χ0) is 26.9. The van der Waals surface area contributed by atoms with E-state index in [1.807, 2.05) is 30.3 Å². The van der Waals surface area contributed by atoms with E-state index in [0.29, 0.717) is 36.8 Å². The molecular formula is C29H27FN2O5S. The summed E-state index contributed by atoms with van der Waals surface area (Å²) in [6.45, 7) is 2.02. The molecule has 2 aromatic carbocycles. The topological polar surface area (TPSA) is 97.6 Å². The first kappa shape index (κ1) is 25.9. The normalized spacial score (nSPS) is 16.2. The summed E-state index contributed by atoms with van der Waals surface area (Å²) in [5.74, 6) is -0.649. The maximum atomic E-state index is 13.6. The van der Waals surface area contributed by atoms with Crippen LogP contribution < -0.4 is 0 Å². The van der Waals surface area contributed by atoms with E-state index in [9.17, 15) is 22.4 Å². The number of carbonyl (C=O) groups excluding carboxylic acids is 2. The molecule has 1 aliphatic heterocycles. The third-order valence-electron chi connectivity index (χ3n) is 6.88. The highest BCUT2D eigenvalue weighted by molar-refractivity contribution is 7.89. The van der Waals surface area contributed by atoms with E-state index in [4.69, 9.17) is 4.42 Å². The van der Waals surface area contributed by atoms with E-state index in [2.05, 4.69) is 4.98 Å². The standard InChI is InChI=1S/C29H27FN2O5S/c1-2-26(33)24-11-9-21(18-31-24)20-6-3-5-19(15-20)8-12-27(34)25-7-4-14-32(25)38(35,36)29-17-22-16-23(30)10-13-28(22)37-29/h3,5-6,9-11,13,15-18,25H,2,4,7-8,12,14H2,1H3/t25-/m0/s1. The molecule has 3 heterocycles. The van der Waals surface area contributed by atoms with E-state index in [0.717, 1.165) is 16.7 Å². The lowest BCUT2D eigenvalue weighted by Gasteiger charge is -2.21. The highest BCUT2D eigenvalue weighted by atomic mass is 32.2. The first-order valence-corrected chi connectivity index (χ1v) is 14.0.